The predicted molar refractivity (Wildman–Crippen MR) is 75.8 cm³/mol. The Hall–Kier alpha value is -1.25. The first kappa shape index (κ1) is 13.8. The van der Waals surface area contributed by atoms with Crippen molar-refractivity contribution in [2.45, 2.75) is 46.1 Å². The molecule has 0 saturated heterocycles. The Bertz CT molecular complexity index is 325. The van der Waals surface area contributed by atoms with E-state index in [1.165, 1.54) is 12.8 Å². The summed E-state index contributed by atoms with van der Waals surface area (Å²) in [6.07, 6.45) is 3.59. The van der Waals surface area contributed by atoms with Crippen LogP contribution in [-0.4, -0.2) is 24.6 Å². The van der Waals surface area contributed by atoms with Crippen molar-refractivity contribution in [1.29, 1.82) is 0 Å². The van der Waals surface area contributed by atoms with E-state index in [9.17, 15) is 0 Å². The van der Waals surface area contributed by atoms with E-state index >= 15 is 0 Å². The summed E-state index contributed by atoms with van der Waals surface area (Å²) in [7, 11) is 1.91. The van der Waals surface area contributed by atoms with E-state index < -0.39 is 0 Å². The summed E-state index contributed by atoms with van der Waals surface area (Å²) in [4.78, 5) is 7.04. The summed E-state index contributed by atoms with van der Waals surface area (Å²) >= 11 is 0. The van der Waals surface area contributed by atoms with Crippen LogP contribution in [0, 0.1) is 0 Å². The van der Waals surface area contributed by atoms with Gasteiger partial charge in [-0.1, -0.05) is 26.3 Å². The number of aromatic nitrogens is 1. The summed E-state index contributed by atoms with van der Waals surface area (Å²) < 4.78 is 0. The molecule has 17 heavy (non-hydrogen) atoms. The fraction of sp³-hybridized carbons (Fsp3) is 0.643. The molecule has 1 heterocycles. The monoisotopic (exact) mass is 235 g/mol. The molecule has 0 aromatic carbocycles. The summed E-state index contributed by atoms with van der Waals surface area (Å²) in [6, 6.07) is 6.71. The van der Waals surface area contributed by atoms with Crippen molar-refractivity contribution in [2.75, 3.05) is 23.8 Å². The summed E-state index contributed by atoms with van der Waals surface area (Å²) in [5.41, 5.74) is 0. The molecule has 0 fully saturated rings. The first-order valence-electron chi connectivity index (χ1n) is 6.64. The van der Waals surface area contributed by atoms with Crippen molar-refractivity contribution in [3.8, 4) is 0 Å². The molecule has 0 aliphatic carbocycles. The van der Waals surface area contributed by atoms with Gasteiger partial charge in [0.05, 0.1) is 0 Å². The second-order valence-electron chi connectivity index (χ2n) is 4.44. The van der Waals surface area contributed by atoms with Crippen LogP contribution < -0.4 is 10.2 Å². The molecule has 96 valence electrons. The zero-order chi connectivity index (χ0) is 12.7. The molecule has 1 aromatic heterocycles. The van der Waals surface area contributed by atoms with Crippen LogP contribution in [0.2, 0.25) is 0 Å². The molecule has 1 atom stereocenters. The highest BCUT2D eigenvalue weighted by Crippen LogP contribution is 2.18. The van der Waals surface area contributed by atoms with Crippen molar-refractivity contribution in [3.05, 3.63) is 18.2 Å². The smallest absolute Gasteiger partial charge is 0.131 e. The van der Waals surface area contributed by atoms with Crippen LogP contribution in [0.1, 0.15) is 40.0 Å². The molecule has 0 aliphatic rings. The number of rotatable bonds is 7. The molecule has 1 rings (SSSR count). The van der Waals surface area contributed by atoms with Gasteiger partial charge in [-0.15, -0.1) is 0 Å². The number of unbranched alkanes of at least 4 members (excludes halogenated alkanes) is 1. The minimum absolute atomic E-state index is 0.543. The van der Waals surface area contributed by atoms with Gasteiger partial charge in [-0.25, -0.2) is 4.98 Å². The van der Waals surface area contributed by atoms with E-state index in [1.807, 2.05) is 13.1 Å². The maximum absolute atomic E-state index is 4.63. The van der Waals surface area contributed by atoms with Crippen LogP contribution >= 0.6 is 0 Å². The number of anilines is 2. The Morgan fingerprint density at radius 3 is 2.71 bits per heavy atom. The summed E-state index contributed by atoms with van der Waals surface area (Å²) in [6.45, 7) is 7.81. The zero-order valence-electron chi connectivity index (χ0n) is 11.5. The molecular formula is C14H25N3. The normalized spacial score (nSPS) is 12.2. The van der Waals surface area contributed by atoms with Gasteiger partial charge in [-0.2, -0.15) is 0 Å². The molecule has 3 nitrogen and oxygen atoms in total. The number of hydrogen-bond donors (Lipinski definition) is 1. The van der Waals surface area contributed by atoms with Gasteiger partial charge in [-0.3, -0.25) is 0 Å². The SMILES string of the molecule is CCCCN(c1cccc(NC)n1)C(C)CC. The highest BCUT2D eigenvalue weighted by Gasteiger charge is 2.13. The molecule has 1 N–H and O–H groups in total. The van der Waals surface area contributed by atoms with Gasteiger partial charge in [0.25, 0.3) is 0 Å². The number of hydrogen-bond acceptors (Lipinski definition) is 3. The van der Waals surface area contributed by atoms with Crippen LogP contribution in [0.25, 0.3) is 0 Å². The van der Waals surface area contributed by atoms with E-state index in [1.54, 1.807) is 0 Å². The average Bonchev–Trinajstić information content (AvgIpc) is 2.39. The standard InChI is InChI=1S/C14H25N3/c1-5-7-11-17(12(3)6-2)14-10-8-9-13(15-4)16-14/h8-10,12H,5-7,11H2,1-4H3,(H,15,16). The molecule has 0 bridgehead atoms. The Labute approximate surface area is 105 Å². The van der Waals surface area contributed by atoms with Gasteiger partial charge < -0.3 is 10.2 Å². The van der Waals surface area contributed by atoms with Gasteiger partial charge in [0, 0.05) is 19.6 Å². The Balaban J connectivity index is 2.86. The average molecular weight is 235 g/mol. The lowest BCUT2D eigenvalue weighted by molar-refractivity contribution is 0.590. The Morgan fingerprint density at radius 1 is 1.35 bits per heavy atom. The van der Waals surface area contributed by atoms with Crippen LogP contribution in [0.3, 0.4) is 0 Å². The van der Waals surface area contributed by atoms with E-state index in [0.29, 0.717) is 6.04 Å². The maximum atomic E-state index is 4.63. The summed E-state index contributed by atoms with van der Waals surface area (Å²) in [5, 5.41) is 3.10. The minimum Gasteiger partial charge on any atom is -0.373 e. The highest BCUT2D eigenvalue weighted by molar-refractivity contribution is 5.47. The summed E-state index contributed by atoms with van der Waals surface area (Å²) in [5.74, 6) is 2.02. The first-order chi connectivity index (χ1) is 8.22. The Morgan fingerprint density at radius 2 is 2.12 bits per heavy atom. The number of nitrogens with one attached hydrogen (secondary N) is 1. The van der Waals surface area contributed by atoms with E-state index in [0.717, 1.165) is 24.6 Å². The lowest BCUT2D eigenvalue weighted by Crippen LogP contribution is -2.34. The van der Waals surface area contributed by atoms with Crippen molar-refractivity contribution in [3.63, 3.8) is 0 Å². The molecule has 1 aromatic rings. The second kappa shape index (κ2) is 7.15. The fourth-order valence-corrected chi connectivity index (χ4v) is 1.83. The topological polar surface area (TPSA) is 28.2 Å². The maximum Gasteiger partial charge on any atom is 0.131 e. The molecular weight excluding hydrogens is 210 g/mol. The molecule has 1 unspecified atom stereocenters. The van der Waals surface area contributed by atoms with Crippen LogP contribution in [0.5, 0.6) is 0 Å². The molecule has 0 aliphatic heterocycles. The van der Waals surface area contributed by atoms with Crippen molar-refractivity contribution in [1.82, 2.24) is 4.98 Å². The van der Waals surface area contributed by atoms with Crippen molar-refractivity contribution < 1.29 is 0 Å². The third kappa shape index (κ3) is 3.91. The Kier molecular flexibility index (Phi) is 5.81. The van der Waals surface area contributed by atoms with Crippen LogP contribution in [0.15, 0.2) is 18.2 Å². The quantitative estimate of drug-likeness (QED) is 0.783. The predicted octanol–water partition coefficient (Wildman–Crippen LogP) is 3.53. The van der Waals surface area contributed by atoms with Gasteiger partial charge in [0.15, 0.2) is 0 Å². The van der Waals surface area contributed by atoms with Crippen LogP contribution in [0.4, 0.5) is 11.6 Å². The van der Waals surface area contributed by atoms with Crippen molar-refractivity contribution >= 4 is 11.6 Å². The first-order valence-corrected chi connectivity index (χ1v) is 6.64. The third-order valence-electron chi connectivity index (χ3n) is 3.16. The fourth-order valence-electron chi connectivity index (χ4n) is 1.83. The van der Waals surface area contributed by atoms with E-state index in [2.05, 4.69) is 48.1 Å². The number of nitrogens with zero attached hydrogens (tertiary/aromatic N) is 2. The lowest BCUT2D eigenvalue weighted by atomic mass is 10.2. The van der Waals surface area contributed by atoms with Gasteiger partial charge in [0.1, 0.15) is 11.6 Å². The lowest BCUT2D eigenvalue weighted by Gasteiger charge is -2.30. The van der Waals surface area contributed by atoms with Gasteiger partial charge in [-0.05, 0) is 31.9 Å². The zero-order valence-corrected chi connectivity index (χ0v) is 11.5. The highest BCUT2D eigenvalue weighted by atomic mass is 15.2. The third-order valence-corrected chi connectivity index (χ3v) is 3.16. The molecule has 0 amide bonds. The second-order valence-corrected chi connectivity index (χ2v) is 4.44. The number of pyridine rings is 1. The molecule has 0 spiro atoms. The van der Waals surface area contributed by atoms with Crippen molar-refractivity contribution in [2.24, 2.45) is 0 Å². The molecule has 0 saturated carbocycles. The van der Waals surface area contributed by atoms with E-state index in [4.69, 9.17) is 0 Å². The largest absolute Gasteiger partial charge is 0.373 e. The minimum atomic E-state index is 0.543. The van der Waals surface area contributed by atoms with Gasteiger partial charge in [0.2, 0.25) is 0 Å². The molecule has 0 radical (unpaired) electrons. The van der Waals surface area contributed by atoms with E-state index in [-0.39, 0.29) is 0 Å². The molecule has 3 heteroatoms. The van der Waals surface area contributed by atoms with Gasteiger partial charge >= 0.3 is 0 Å². The van der Waals surface area contributed by atoms with Crippen LogP contribution in [-0.2, 0) is 0 Å².